The van der Waals surface area contributed by atoms with Crippen molar-refractivity contribution in [2.24, 2.45) is 0 Å². The summed E-state index contributed by atoms with van der Waals surface area (Å²) in [5.41, 5.74) is 8.55. The molecular weight excluding hydrogens is 264 g/mol. The molecule has 0 heterocycles. The molecule has 0 bridgehead atoms. The van der Waals surface area contributed by atoms with Gasteiger partial charge in [-0.2, -0.15) is 0 Å². The average molecular weight is 286 g/mol. The summed E-state index contributed by atoms with van der Waals surface area (Å²) in [5.74, 6) is 0. The topological polar surface area (TPSA) is 0 Å². The van der Waals surface area contributed by atoms with Crippen molar-refractivity contribution >= 4 is 32.3 Å². The van der Waals surface area contributed by atoms with Crippen molar-refractivity contribution in [3.8, 4) is 0 Å². The van der Waals surface area contributed by atoms with Crippen molar-refractivity contribution in [2.75, 3.05) is 0 Å². The van der Waals surface area contributed by atoms with Crippen LogP contribution in [0.15, 0.2) is 24.3 Å². The molecule has 0 fully saturated rings. The van der Waals surface area contributed by atoms with Crippen LogP contribution in [0.2, 0.25) is 0 Å². The Morgan fingerprint density at radius 3 is 1.64 bits per heavy atom. The molecule has 0 nitrogen and oxygen atoms in total. The van der Waals surface area contributed by atoms with Crippen molar-refractivity contribution in [2.45, 2.75) is 41.5 Å². The highest BCUT2D eigenvalue weighted by Gasteiger charge is 2.18. The highest BCUT2D eigenvalue weighted by molar-refractivity contribution is 6.26. The first-order valence-electron chi connectivity index (χ1n) is 8.07. The van der Waals surface area contributed by atoms with Crippen LogP contribution in [0.25, 0.3) is 32.3 Å². The Morgan fingerprint density at radius 2 is 0.909 bits per heavy atom. The van der Waals surface area contributed by atoms with E-state index >= 15 is 0 Å². The molecule has 0 unspecified atom stereocenters. The summed E-state index contributed by atoms with van der Waals surface area (Å²) < 4.78 is 0. The fourth-order valence-corrected chi connectivity index (χ4v) is 4.19. The van der Waals surface area contributed by atoms with Gasteiger partial charge in [0.05, 0.1) is 0 Å². The van der Waals surface area contributed by atoms with Crippen LogP contribution in [0.1, 0.15) is 33.4 Å². The Bertz CT molecular complexity index is 1060. The van der Waals surface area contributed by atoms with Crippen LogP contribution in [-0.4, -0.2) is 0 Å². The lowest BCUT2D eigenvalue weighted by Crippen LogP contribution is -1.98. The molecule has 0 aromatic heterocycles. The molecule has 0 saturated carbocycles. The Balaban J connectivity index is 2.53. The van der Waals surface area contributed by atoms with E-state index in [9.17, 15) is 0 Å². The van der Waals surface area contributed by atoms with Crippen LogP contribution >= 0.6 is 0 Å². The fraction of sp³-hybridized carbons (Fsp3) is 0.273. The zero-order valence-corrected chi connectivity index (χ0v) is 14.3. The Kier molecular flexibility index (Phi) is 2.61. The van der Waals surface area contributed by atoms with Gasteiger partial charge in [-0.1, -0.05) is 24.3 Å². The van der Waals surface area contributed by atoms with Gasteiger partial charge in [0.15, 0.2) is 0 Å². The molecule has 0 heteroatoms. The second-order valence-electron chi connectivity index (χ2n) is 6.84. The largest absolute Gasteiger partial charge is 0.0581 e. The van der Waals surface area contributed by atoms with Crippen molar-refractivity contribution in [3.05, 3.63) is 57.6 Å². The predicted molar refractivity (Wildman–Crippen MR) is 98.6 cm³/mol. The molecule has 110 valence electrons. The van der Waals surface area contributed by atoms with Crippen LogP contribution in [-0.2, 0) is 0 Å². The standard InChI is InChI=1S/C22H22/c1-11-7-8-18-14(4)16(6)20-15(5)12(2)13(3)19-10-9-17(11)21(18)22(19)20/h7-10H,1-6H3. The van der Waals surface area contributed by atoms with Gasteiger partial charge < -0.3 is 0 Å². The molecule has 22 heavy (non-hydrogen) atoms. The highest BCUT2D eigenvalue weighted by atomic mass is 14.2. The van der Waals surface area contributed by atoms with Gasteiger partial charge in [0.1, 0.15) is 0 Å². The monoisotopic (exact) mass is 286 g/mol. The van der Waals surface area contributed by atoms with Crippen molar-refractivity contribution < 1.29 is 0 Å². The third-order valence-corrected chi connectivity index (χ3v) is 5.90. The van der Waals surface area contributed by atoms with E-state index in [1.54, 1.807) is 0 Å². The highest BCUT2D eigenvalue weighted by Crippen LogP contribution is 2.43. The molecule has 0 aliphatic heterocycles. The van der Waals surface area contributed by atoms with Crippen LogP contribution in [0.5, 0.6) is 0 Å². The van der Waals surface area contributed by atoms with Gasteiger partial charge in [-0.3, -0.25) is 0 Å². The van der Waals surface area contributed by atoms with E-state index in [0.29, 0.717) is 0 Å². The van der Waals surface area contributed by atoms with E-state index in [1.807, 2.05) is 0 Å². The minimum absolute atomic E-state index is 1.37. The average Bonchev–Trinajstić information content (AvgIpc) is 2.51. The molecule has 0 atom stereocenters. The second kappa shape index (κ2) is 4.23. The molecule has 0 spiro atoms. The first-order chi connectivity index (χ1) is 10.4. The summed E-state index contributed by atoms with van der Waals surface area (Å²) in [6.45, 7) is 13.6. The summed E-state index contributed by atoms with van der Waals surface area (Å²) in [4.78, 5) is 0. The molecule has 0 radical (unpaired) electrons. The maximum absolute atomic E-state index is 2.33. The minimum atomic E-state index is 1.37. The third-order valence-electron chi connectivity index (χ3n) is 5.90. The zero-order valence-electron chi connectivity index (χ0n) is 14.3. The van der Waals surface area contributed by atoms with Crippen molar-refractivity contribution in [1.29, 1.82) is 0 Å². The van der Waals surface area contributed by atoms with E-state index < -0.39 is 0 Å². The minimum Gasteiger partial charge on any atom is -0.0581 e. The van der Waals surface area contributed by atoms with Gasteiger partial charge in [-0.05, 0) is 107 Å². The van der Waals surface area contributed by atoms with Crippen LogP contribution in [0, 0.1) is 41.5 Å². The summed E-state index contributed by atoms with van der Waals surface area (Å²) in [7, 11) is 0. The number of benzene rings is 4. The smallest absolute Gasteiger partial charge is 0.00183 e. The number of aryl methyl sites for hydroxylation is 5. The van der Waals surface area contributed by atoms with E-state index in [0.717, 1.165) is 0 Å². The lowest BCUT2D eigenvalue weighted by Gasteiger charge is -2.21. The molecule has 0 amide bonds. The second-order valence-corrected chi connectivity index (χ2v) is 6.84. The Morgan fingerprint density at radius 1 is 0.409 bits per heavy atom. The Labute approximate surface area is 132 Å². The van der Waals surface area contributed by atoms with Crippen molar-refractivity contribution in [3.63, 3.8) is 0 Å². The third kappa shape index (κ3) is 1.43. The van der Waals surface area contributed by atoms with Gasteiger partial charge in [-0.15, -0.1) is 0 Å². The van der Waals surface area contributed by atoms with Crippen LogP contribution in [0.3, 0.4) is 0 Å². The molecule has 0 aliphatic carbocycles. The molecular formula is C22H22. The molecule has 0 saturated heterocycles. The quantitative estimate of drug-likeness (QED) is 0.326. The summed E-state index contributed by atoms with van der Waals surface area (Å²) in [6.07, 6.45) is 0. The number of rotatable bonds is 0. The summed E-state index contributed by atoms with van der Waals surface area (Å²) in [6, 6.07) is 9.21. The fourth-order valence-electron chi connectivity index (χ4n) is 4.19. The molecule has 0 N–H and O–H groups in total. The molecule has 0 aliphatic rings. The summed E-state index contributed by atoms with van der Waals surface area (Å²) in [5, 5.41) is 8.64. The van der Waals surface area contributed by atoms with E-state index in [1.165, 1.54) is 65.7 Å². The first kappa shape index (κ1) is 13.6. The predicted octanol–water partition coefficient (Wildman–Crippen LogP) is 6.43. The maximum atomic E-state index is 2.33. The first-order valence-corrected chi connectivity index (χ1v) is 8.07. The zero-order chi connectivity index (χ0) is 15.8. The van der Waals surface area contributed by atoms with Gasteiger partial charge in [0.2, 0.25) is 0 Å². The van der Waals surface area contributed by atoms with Crippen molar-refractivity contribution in [1.82, 2.24) is 0 Å². The normalized spacial score (nSPS) is 12.1. The number of hydrogen-bond donors (Lipinski definition) is 0. The summed E-state index contributed by atoms with van der Waals surface area (Å²) >= 11 is 0. The van der Waals surface area contributed by atoms with E-state index in [4.69, 9.17) is 0 Å². The SMILES string of the molecule is Cc1c(C)c2ccc3c(C)ccc4c(C)c(C)c(c1C)c2c34. The van der Waals surface area contributed by atoms with Gasteiger partial charge in [0, 0.05) is 0 Å². The lowest BCUT2D eigenvalue weighted by molar-refractivity contribution is 1.30. The van der Waals surface area contributed by atoms with Gasteiger partial charge in [0.25, 0.3) is 0 Å². The molecule has 4 rings (SSSR count). The van der Waals surface area contributed by atoms with Gasteiger partial charge >= 0.3 is 0 Å². The van der Waals surface area contributed by atoms with Crippen LogP contribution < -0.4 is 0 Å². The lowest BCUT2D eigenvalue weighted by atomic mass is 9.82. The Hall–Kier alpha value is -2.08. The van der Waals surface area contributed by atoms with E-state index in [2.05, 4.69) is 65.8 Å². The molecule has 4 aromatic carbocycles. The van der Waals surface area contributed by atoms with Gasteiger partial charge in [-0.25, -0.2) is 0 Å². The number of hydrogen-bond acceptors (Lipinski definition) is 0. The van der Waals surface area contributed by atoms with E-state index in [-0.39, 0.29) is 0 Å². The molecule has 4 aromatic rings. The van der Waals surface area contributed by atoms with Crippen LogP contribution in [0.4, 0.5) is 0 Å². The maximum Gasteiger partial charge on any atom is -0.00183 e.